The monoisotopic (exact) mass is 252 g/mol. The zero-order valence-electron chi connectivity index (χ0n) is 11.2. The second kappa shape index (κ2) is 8.54. The third-order valence-corrected chi connectivity index (χ3v) is 3.83. The number of nitrogens with zero attached hydrogens (tertiary/aromatic N) is 1. The Morgan fingerprint density at radius 3 is 2.59 bits per heavy atom. The Labute approximate surface area is 110 Å². The summed E-state index contributed by atoms with van der Waals surface area (Å²) >= 11 is 1.88. The van der Waals surface area contributed by atoms with Crippen molar-refractivity contribution in [3.05, 3.63) is 24.0 Å². The lowest BCUT2D eigenvalue weighted by atomic mass is 10.1. The van der Waals surface area contributed by atoms with Crippen LogP contribution in [0.1, 0.15) is 51.8 Å². The molecule has 1 rings (SSSR count). The summed E-state index contributed by atoms with van der Waals surface area (Å²) in [4.78, 5) is 5.85. The molecule has 0 saturated carbocycles. The summed E-state index contributed by atoms with van der Waals surface area (Å²) in [7, 11) is 0. The molecule has 1 N–H and O–H groups in total. The van der Waals surface area contributed by atoms with Gasteiger partial charge in [0.2, 0.25) is 0 Å². The van der Waals surface area contributed by atoms with Crippen molar-refractivity contribution in [3.63, 3.8) is 0 Å². The van der Waals surface area contributed by atoms with Gasteiger partial charge in [-0.25, -0.2) is 0 Å². The van der Waals surface area contributed by atoms with Gasteiger partial charge >= 0.3 is 0 Å². The van der Waals surface area contributed by atoms with E-state index in [1.807, 2.05) is 18.0 Å². The van der Waals surface area contributed by atoms with Crippen molar-refractivity contribution in [2.24, 2.45) is 0 Å². The molecule has 0 aliphatic heterocycles. The standard InChI is InChI=1S/C14H24N2S/c1-4-9-15-13(6-3)14-8-7-12(11-16-14)17-10-5-2/h7-8,11,13,15H,4-6,9-10H2,1-3H3. The lowest BCUT2D eigenvalue weighted by molar-refractivity contribution is 0.507. The van der Waals surface area contributed by atoms with Gasteiger partial charge in [0.15, 0.2) is 0 Å². The fourth-order valence-corrected chi connectivity index (χ4v) is 2.41. The Morgan fingerprint density at radius 2 is 2.06 bits per heavy atom. The number of nitrogens with one attached hydrogen (secondary N) is 1. The van der Waals surface area contributed by atoms with E-state index in [0.717, 1.165) is 13.0 Å². The third kappa shape index (κ3) is 5.09. The highest BCUT2D eigenvalue weighted by Gasteiger charge is 2.09. The molecule has 1 unspecified atom stereocenters. The zero-order valence-corrected chi connectivity index (χ0v) is 12.0. The number of pyridine rings is 1. The summed E-state index contributed by atoms with van der Waals surface area (Å²) in [6, 6.07) is 4.76. The molecule has 0 radical (unpaired) electrons. The summed E-state index contributed by atoms with van der Waals surface area (Å²) in [5.74, 6) is 1.17. The Bertz CT molecular complexity index is 298. The van der Waals surface area contributed by atoms with Crippen LogP contribution in [0, 0.1) is 0 Å². The van der Waals surface area contributed by atoms with E-state index >= 15 is 0 Å². The van der Waals surface area contributed by atoms with E-state index in [0.29, 0.717) is 6.04 Å². The van der Waals surface area contributed by atoms with Crippen molar-refractivity contribution >= 4 is 11.8 Å². The smallest absolute Gasteiger partial charge is 0.0573 e. The van der Waals surface area contributed by atoms with E-state index in [9.17, 15) is 0 Å². The van der Waals surface area contributed by atoms with Crippen molar-refractivity contribution in [2.75, 3.05) is 12.3 Å². The fraction of sp³-hybridized carbons (Fsp3) is 0.643. The number of aromatic nitrogens is 1. The van der Waals surface area contributed by atoms with Crippen LogP contribution in [0.5, 0.6) is 0 Å². The molecule has 1 heterocycles. The number of hydrogen-bond donors (Lipinski definition) is 1. The molecule has 0 aliphatic carbocycles. The van der Waals surface area contributed by atoms with Crippen LogP contribution in [-0.2, 0) is 0 Å². The van der Waals surface area contributed by atoms with Crippen molar-refractivity contribution in [1.82, 2.24) is 10.3 Å². The third-order valence-electron chi connectivity index (χ3n) is 2.64. The quantitative estimate of drug-likeness (QED) is 0.707. The van der Waals surface area contributed by atoms with Gasteiger partial charge in [0.05, 0.1) is 5.69 Å². The summed E-state index contributed by atoms with van der Waals surface area (Å²) < 4.78 is 0. The first kappa shape index (κ1) is 14.5. The first-order valence-electron chi connectivity index (χ1n) is 6.63. The molecule has 0 fully saturated rings. The Balaban J connectivity index is 2.57. The van der Waals surface area contributed by atoms with Gasteiger partial charge in [-0.1, -0.05) is 20.8 Å². The molecule has 0 aliphatic rings. The maximum atomic E-state index is 4.57. The molecular formula is C14H24N2S. The average Bonchev–Trinajstić information content (AvgIpc) is 2.38. The number of thioether (sulfide) groups is 1. The largest absolute Gasteiger partial charge is 0.309 e. The van der Waals surface area contributed by atoms with E-state index in [1.54, 1.807) is 0 Å². The predicted octanol–water partition coefficient (Wildman–Crippen LogP) is 4.03. The molecule has 2 nitrogen and oxygen atoms in total. The lowest BCUT2D eigenvalue weighted by Crippen LogP contribution is -2.22. The first-order chi connectivity index (χ1) is 8.31. The summed E-state index contributed by atoms with van der Waals surface area (Å²) in [6.45, 7) is 7.66. The molecule has 0 saturated heterocycles. The zero-order chi connectivity index (χ0) is 12.5. The second-order valence-corrected chi connectivity index (χ2v) is 5.35. The average molecular weight is 252 g/mol. The molecule has 1 aromatic rings. The maximum absolute atomic E-state index is 4.57. The van der Waals surface area contributed by atoms with E-state index in [-0.39, 0.29) is 0 Å². The Morgan fingerprint density at radius 1 is 1.24 bits per heavy atom. The van der Waals surface area contributed by atoms with Crippen LogP contribution < -0.4 is 5.32 Å². The van der Waals surface area contributed by atoms with Gasteiger partial charge in [-0.2, -0.15) is 0 Å². The maximum Gasteiger partial charge on any atom is 0.0573 e. The Kier molecular flexibility index (Phi) is 7.29. The van der Waals surface area contributed by atoms with E-state index in [2.05, 4.69) is 43.2 Å². The molecule has 0 bridgehead atoms. The predicted molar refractivity (Wildman–Crippen MR) is 76.6 cm³/mol. The minimum atomic E-state index is 0.403. The normalized spacial score (nSPS) is 12.6. The lowest BCUT2D eigenvalue weighted by Gasteiger charge is -2.16. The Hall–Kier alpha value is -0.540. The summed E-state index contributed by atoms with van der Waals surface area (Å²) in [5.41, 5.74) is 1.17. The molecule has 17 heavy (non-hydrogen) atoms. The van der Waals surface area contributed by atoms with Gasteiger partial charge in [0.25, 0.3) is 0 Å². The van der Waals surface area contributed by atoms with Crippen LogP contribution >= 0.6 is 11.8 Å². The van der Waals surface area contributed by atoms with Gasteiger partial charge < -0.3 is 5.32 Å². The van der Waals surface area contributed by atoms with Crippen molar-refractivity contribution in [2.45, 2.75) is 51.0 Å². The van der Waals surface area contributed by atoms with E-state index < -0.39 is 0 Å². The van der Waals surface area contributed by atoms with Gasteiger partial charge in [0.1, 0.15) is 0 Å². The molecule has 0 spiro atoms. The molecule has 1 atom stereocenters. The molecule has 0 aromatic carbocycles. The highest BCUT2D eigenvalue weighted by Crippen LogP contribution is 2.20. The topological polar surface area (TPSA) is 24.9 Å². The van der Waals surface area contributed by atoms with Crippen LogP contribution in [-0.4, -0.2) is 17.3 Å². The van der Waals surface area contributed by atoms with Crippen molar-refractivity contribution < 1.29 is 0 Å². The number of hydrogen-bond acceptors (Lipinski definition) is 3. The fourth-order valence-electron chi connectivity index (χ4n) is 1.68. The van der Waals surface area contributed by atoms with Gasteiger partial charge in [-0.15, -0.1) is 11.8 Å². The van der Waals surface area contributed by atoms with Crippen molar-refractivity contribution in [1.29, 1.82) is 0 Å². The van der Waals surface area contributed by atoms with Gasteiger partial charge in [-0.05, 0) is 43.7 Å². The minimum absolute atomic E-state index is 0.403. The summed E-state index contributed by atoms with van der Waals surface area (Å²) in [5, 5.41) is 3.53. The van der Waals surface area contributed by atoms with Crippen LogP contribution in [0.3, 0.4) is 0 Å². The molecule has 0 amide bonds. The highest BCUT2D eigenvalue weighted by molar-refractivity contribution is 7.99. The molecular weight excluding hydrogens is 228 g/mol. The van der Waals surface area contributed by atoms with Gasteiger partial charge in [0, 0.05) is 17.1 Å². The van der Waals surface area contributed by atoms with Crippen LogP contribution in [0.4, 0.5) is 0 Å². The molecule has 3 heteroatoms. The minimum Gasteiger partial charge on any atom is -0.309 e. The molecule has 96 valence electrons. The molecule has 1 aromatic heterocycles. The van der Waals surface area contributed by atoms with Gasteiger partial charge in [-0.3, -0.25) is 4.98 Å². The van der Waals surface area contributed by atoms with E-state index in [4.69, 9.17) is 0 Å². The van der Waals surface area contributed by atoms with Crippen LogP contribution in [0.2, 0.25) is 0 Å². The first-order valence-corrected chi connectivity index (χ1v) is 7.62. The van der Waals surface area contributed by atoms with E-state index in [1.165, 1.54) is 29.2 Å². The van der Waals surface area contributed by atoms with Crippen molar-refractivity contribution in [3.8, 4) is 0 Å². The second-order valence-electron chi connectivity index (χ2n) is 4.18. The summed E-state index contributed by atoms with van der Waals surface area (Å²) in [6.07, 6.45) is 5.48. The number of rotatable bonds is 8. The highest BCUT2D eigenvalue weighted by atomic mass is 32.2. The van der Waals surface area contributed by atoms with Crippen LogP contribution in [0.25, 0.3) is 0 Å². The SMILES string of the molecule is CCCNC(CC)c1ccc(SCCC)cn1. The van der Waals surface area contributed by atoms with Crippen LogP contribution in [0.15, 0.2) is 23.2 Å².